The number of ether oxygens (including phenoxy) is 1. The number of carbonyl (C=O) groups is 1. The smallest absolute Gasteiger partial charge is 0.255 e. The molecule has 0 bridgehead atoms. The molecule has 0 aliphatic rings. The summed E-state index contributed by atoms with van der Waals surface area (Å²) in [6.45, 7) is -0.648. The van der Waals surface area contributed by atoms with E-state index < -0.39 is 18.9 Å². The predicted molar refractivity (Wildman–Crippen MR) is 50.2 cm³/mol. The molecule has 81 valence electrons. The van der Waals surface area contributed by atoms with Crippen LogP contribution >= 0.6 is 0 Å². The number of benzene rings is 1. The second-order valence-electron chi connectivity index (χ2n) is 2.75. The standard InChI is InChI=1S/C10H10F2NO2/c1-15-8-4-2-7(3-5-8)10(14)13-6-9(11)12/h2-4,9H,6H2,1H3,(H,13,14). The van der Waals surface area contributed by atoms with Crippen molar-refractivity contribution in [2.75, 3.05) is 13.7 Å². The van der Waals surface area contributed by atoms with Crippen molar-refractivity contribution >= 4 is 5.91 Å². The molecule has 1 radical (unpaired) electrons. The van der Waals surface area contributed by atoms with Crippen LogP contribution in [0.1, 0.15) is 10.4 Å². The van der Waals surface area contributed by atoms with Crippen molar-refractivity contribution in [2.24, 2.45) is 0 Å². The van der Waals surface area contributed by atoms with Gasteiger partial charge in [0.1, 0.15) is 5.75 Å². The molecule has 0 unspecified atom stereocenters. The number of alkyl halides is 2. The number of nitrogens with one attached hydrogen (secondary N) is 1. The lowest BCUT2D eigenvalue weighted by Crippen LogP contribution is -2.28. The minimum Gasteiger partial charge on any atom is -0.496 e. The SMILES string of the molecule is COc1[c]cc(C(=O)NCC(F)F)cc1. The lowest BCUT2D eigenvalue weighted by atomic mass is 10.2. The Morgan fingerprint density at radius 3 is 2.80 bits per heavy atom. The van der Waals surface area contributed by atoms with Crippen LogP contribution in [0.2, 0.25) is 0 Å². The molecule has 3 nitrogen and oxygen atoms in total. The summed E-state index contributed by atoms with van der Waals surface area (Å²) in [5.41, 5.74) is 0.274. The summed E-state index contributed by atoms with van der Waals surface area (Å²) in [6.07, 6.45) is -2.55. The molecule has 0 spiro atoms. The van der Waals surface area contributed by atoms with Crippen molar-refractivity contribution in [3.8, 4) is 5.75 Å². The molecule has 0 atom stereocenters. The first kappa shape index (κ1) is 11.4. The summed E-state index contributed by atoms with van der Waals surface area (Å²) in [6, 6.07) is 7.09. The van der Waals surface area contributed by atoms with Crippen molar-refractivity contribution in [3.05, 3.63) is 29.8 Å². The van der Waals surface area contributed by atoms with Gasteiger partial charge in [0.25, 0.3) is 12.3 Å². The summed E-state index contributed by atoms with van der Waals surface area (Å²) >= 11 is 0. The molecule has 0 heterocycles. The zero-order valence-corrected chi connectivity index (χ0v) is 8.09. The third kappa shape index (κ3) is 3.53. The Bertz CT molecular complexity index is 325. The van der Waals surface area contributed by atoms with E-state index in [9.17, 15) is 13.6 Å². The van der Waals surface area contributed by atoms with Gasteiger partial charge in [-0.25, -0.2) is 8.78 Å². The van der Waals surface area contributed by atoms with Crippen molar-refractivity contribution in [1.29, 1.82) is 0 Å². The average Bonchev–Trinajstić information content (AvgIpc) is 2.26. The van der Waals surface area contributed by atoms with Crippen LogP contribution in [0.25, 0.3) is 0 Å². The molecular weight excluding hydrogens is 204 g/mol. The molecule has 1 amide bonds. The molecule has 0 fully saturated rings. The van der Waals surface area contributed by atoms with Gasteiger partial charge in [-0.05, 0) is 18.2 Å². The van der Waals surface area contributed by atoms with Gasteiger partial charge in [0.05, 0.1) is 13.7 Å². The molecule has 15 heavy (non-hydrogen) atoms. The largest absolute Gasteiger partial charge is 0.496 e. The first-order valence-corrected chi connectivity index (χ1v) is 4.25. The monoisotopic (exact) mass is 214 g/mol. The van der Waals surface area contributed by atoms with E-state index in [4.69, 9.17) is 4.74 Å². The first-order chi connectivity index (χ1) is 7.13. The molecule has 0 aliphatic heterocycles. The second kappa shape index (κ2) is 5.29. The second-order valence-corrected chi connectivity index (χ2v) is 2.75. The molecule has 0 saturated carbocycles. The fourth-order valence-corrected chi connectivity index (χ4v) is 0.951. The molecule has 0 aliphatic carbocycles. The lowest BCUT2D eigenvalue weighted by molar-refractivity contribution is 0.0891. The summed E-state index contributed by atoms with van der Waals surface area (Å²) in [4.78, 5) is 11.2. The highest BCUT2D eigenvalue weighted by atomic mass is 19.3. The zero-order chi connectivity index (χ0) is 11.3. The van der Waals surface area contributed by atoms with Gasteiger partial charge < -0.3 is 10.1 Å². The third-order valence-electron chi connectivity index (χ3n) is 1.68. The molecule has 1 aromatic carbocycles. The number of methoxy groups -OCH3 is 1. The van der Waals surface area contributed by atoms with Crippen LogP contribution in [-0.2, 0) is 0 Å². The van der Waals surface area contributed by atoms with Crippen LogP contribution in [0.4, 0.5) is 8.78 Å². The Morgan fingerprint density at radius 1 is 1.60 bits per heavy atom. The lowest BCUT2D eigenvalue weighted by Gasteiger charge is -2.04. The van der Waals surface area contributed by atoms with Crippen molar-refractivity contribution in [3.63, 3.8) is 0 Å². The number of hydrogen-bond donors (Lipinski definition) is 1. The van der Waals surface area contributed by atoms with E-state index in [2.05, 4.69) is 11.4 Å². The van der Waals surface area contributed by atoms with Crippen LogP contribution in [0.3, 0.4) is 0 Å². The van der Waals surface area contributed by atoms with Crippen LogP contribution in [0.5, 0.6) is 5.75 Å². The quantitative estimate of drug-likeness (QED) is 0.824. The Hall–Kier alpha value is -1.65. The highest BCUT2D eigenvalue weighted by molar-refractivity contribution is 5.94. The zero-order valence-electron chi connectivity index (χ0n) is 8.09. The minimum atomic E-state index is -2.55. The Balaban J connectivity index is 2.58. The van der Waals surface area contributed by atoms with Crippen molar-refractivity contribution in [2.45, 2.75) is 6.43 Å². The van der Waals surface area contributed by atoms with Crippen LogP contribution in [-0.4, -0.2) is 26.0 Å². The van der Waals surface area contributed by atoms with Crippen LogP contribution in [0.15, 0.2) is 18.2 Å². The van der Waals surface area contributed by atoms with Crippen LogP contribution in [0, 0.1) is 6.07 Å². The number of halogens is 2. The van der Waals surface area contributed by atoms with E-state index in [0.29, 0.717) is 5.75 Å². The van der Waals surface area contributed by atoms with Gasteiger partial charge in [0.2, 0.25) is 0 Å². The minimum absolute atomic E-state index is 0.274. The van der Waals surface area contributed by atoms with Gasteiger partial charge >= 0.3 is 0 Å². The van der Waals surface area contributed by atoms with Crippen molar-refractivity contribution in [1.82, 2.24) is 5.32 Å². The van der Waals surface area contributed by atoms with Gasteiger partial charge in [0.15, 0.2) is 0 Å². The van der Waals surface area contributed by atoms with Gasteiger partial charge in [-0.2, -0.15) is 0 Å². The van der Waals surface area contributed by atoms with E-state index in [1.165, 1.54) is 25.3 Å². The van der Waals surface area contributed by atoms with Gasteiger partial charge in [-0.15, -0.1) is 0 Å². The van der Waals surface area contributed by atoms with Gasteiger partial charge in [-0.3, -0.25) is 4.79 Å². The molecule has 0 saturated heterocycles. The maximum atomic E-state index is 11.8. The molecule has 0 aromatic heterocycles. The van der Waals surface area contributed by atoms with Gasteiger partial charge in [0, 0.05) is 11.6 Å². The van der Waals surface area contributed by atoms with Crippen molar-refractivity contribution < 1.29 is 18.3 Å². The van der Waals surface area contributed by atoms with Gasteiger partial charge in [-0.1, -0.05) is 0 Å². The summed E-state index contributed by atoms with van der Waals surface area (Å²) < 4.78 is 28.4. The van der Waals surface area contributed by atoms with E-state index in [0.717, 1.165) is 0 Å². The third-order valence-corrected chi connectivity index (χ3v) is 1.68. The van der Waals surface area contributed by atoms with E-state index >= 15 is 0 Å². The fraction of sp³-hybridized carbons (Fsp3) is 0.300. The summed E-state index contributed by atoms with van der Waals surface area (Å²) in [7, 11) is 1.47. The van der Waals surface area contributed by atoms with E-state index in [1.807, 2.05) is 0 Å². The summed E-state index contributed by atoms with van der Waals surface area (Å²) in [5, 5.41) is 2.09. The maximum Gasteiger partial charge on any atom is 0.255 e. The average molecular weight is 214 g/mol. The molecule has 5 heteroatoms. The maximum absolute atomic E-state index is 11.8. The number of rotatable bonds is 4. The van der Waals surface area contributed by atoms with E-state index in [-0.39, 0.29) is 5.56 Å². The summed E-state index contributed by atoms with van der Waals surface area (Å²) in [5.74, 6) is -0.0605. The Kier molecular flexibility index (Phi) is 4.03. The number of amides is 1. The van der Waals surface area contributed by atoms with Crippen LogP contribution < -0.4 is 10.1 Å². The fourth-order valence-electron chi connectivity index (χ4n) is 0.951. The van der Waals surface area contributed by atoms with E-state index in [1.54, 1.807) is 0 Å². The first-order valence-electron chi connectivity index (χ1n) is 4.25. The Labute approximate surface area is 86.0 Å². The normalized spacial score (nSPS) is 10.1. The topological polar surface area (TPSA) is 38.3 Å². The Morgan fingerprint density at radius 2 is 2.33 bits per heavy atom. The highest BCUT2D eigenvalue weighted by Gasteiger charge is 2.08. The predicted octanol–water partition coefficient (Wildman–Crippen LogP) is 1.49. The highest BCUT2D eigenvalue weighted by Crippen LogP contribution is 2.10. The molecular formula is C10H10F2NO2. The molecule has 1 N–H and O–H groups in total. The molecule has 1 rings (SSSR count). The number of hydrogen-bond acceptors (Lipinski definition) is 2. The number of carbonyl (C=O) groups excluding carboxylic acids is 1. The molecule has 1 aromatic rings.